The second-order valence-corrected chi connectivity index (χ2v) is 6.04. The Kier molecular flexibility index (Phi) is 5.69. The van der Waals surface area contributed by atoms with Gasteiger partial charge >= 0.3 is 0 Å². The first-order valence-corrected chi connectivity index (χ1v) is 7.03. The van der Waals surface area contributed by atoms with Crippen LogP contribution < -0.4 is 5.73 Å². The van der Waals surface area contributed by atoms with E-state index >= 15 is 0 Å². The highest BCUT2D eigenvalue weighted by Crippen LogP contribution is 2.25. The number of nitrogens with zero attached hydrogens (tertiary/aromatic N) is 2. The van der Waals surface area contributed by atoms with Crippen molar-refractivity contribution in [2.24, 2.45) is 11.1 Å². The van der Waals surface area contributed by atoms with Crippen LogP contribution in [0, 0.1) is 15.5 Å². The van der Waals surface area contributed by atoms with Gasteiger partial charge < -0.3 is 10.6 Å². The maximum absolute atomic E-state index is 12.5. The Labute approximate surface area is 129 Å². The molecule has 21 heavy (non-hydrogen) atoms. The molecule has 2 N–H and O–H groups in total. The summed E-state index contributed by atoms with van der Waals surface area (Å²) in [4.78, 5) is 24.6. The lowest BCUT2D eigenvalue weighted by Crippen LogP contribution is -2.42. The van der Waals surface area contributed by atoms with Crippen molar-refractivity contribution in [3.8, 4) is 0 Å². The van der Waals surface area contributed by atoms with Crippen molar-refractivity contribution < 1.29 is 9.72 Å². The number of carbonyl (C=O) groups is 1. The molecule has 1 amide bonds. The molecular weight excluding hydrogens is 294 g/mol. The van der Waals surface area contributed by atoms with Crippen LogP contribution in [0.1, 0.15) is 31.1 Å². The number of benzene rings is 1. The van der Waals surface area contributed by atoms with E-state index in [2.05, 4.69) is 0 Å². The summed E-state index contributed by atoms with van der Waals surface area (Å²) >= 11 is 5.76. The third kappa shape index (κ3) is 4.41. The highest BCUT2D eigenvalue weighted by atomic mass is 35.5. The average Bonchev–Trinajstić information content (AvgIpc) is 2.44. The number of nitro benzene ring substituents is 1. The van der Waals surface area contributed by atoms with Gasteiger partial charge in [0.2, 0.25) is 0 Å². The number of carbonyl (C=O) groups excluding carboxylic acids is 1. The summed E-state index contributed by atoms with van der Waals surface area (Å²) in [5, 5.41) is 11.3. The molecule has 0 aliphatic heterocycles. The molecule has 0 aromatic heterocycles. The van der Waals surface area contributed by atoms with Crippen molar-refractivity contribution in [2.75, 3.05) is 19.6 Å². The molecule has 7 heteroatoms. The average molecular weight is 314 g/mol. The fourth-order valence-electron chi connectivity index (χ4n) is 1.92. The predicted molar refractivity (Wildman–Crippen MR) is 82.5 cm³/mol. The van der Waals surface area contributed by atoms with Gasteiger partial charge in [0.05, 0.1) is 4.92 Å². The SMILES string of the molecule is CCN(CC(C)(C)CN)C(=O)c1ccc(Cl)cc1[N+](=O)[O-]. The van der Waals surface area contributed by atoms with E-state index in [-0.39, 0.29) is 27.6 Å². The summed E-state index contributed by atoms with van der Waals surface area (Å²) < 4.78 is 0. The number of hydrogen-bond acceptors (Lipinski definition) is 4. The minimum Gasteiger partial charge on any atom is -0.338 e. The molecule has 1 aromatic rings. The second-order valence-electron chi connectivity index (χ2n) is 5.61. The monoisotopic (exact) mass is 313 g/mol. The maximum Gasteiger partial charge on any atom is 0.283 e. The Hall–Kier alpha value is -1.66. The molecule has 0 saturated heterocycles. The molecule has 0 atom stereocenters. The lowest BCUT2D eigenvalue weighted by molar-refractivity contribution is -0.385. The van der Waals surface area contributed by atoms with Crippen LogP contribution in [0.2, 0.25) is 5.02 Å². The van der Waals surface area contributed by atoms with Crippen molar-refractivity contribution in [1.29, 1.82) is 0 Å². The molecule has 0 fully saturated rings. The van der Waals surface area contributed by atoms with Crippen molar-refractivity contribution >= 4 is 23.2 Å². The van der Waals surface area contributed by atoms with E-state index in [0.717, 1.165) is 0 Å². The van der Waals surface area contributed by atoms with E-state index in [9.17, 15) is 14.9 Å². The number of hydrogen-bond donors (Lipinski definition) is 1. The van der Waals surface area contributed by atoms with Crippen molar-refractivity contribution in [2.45, 2.75) is 20.8 Å². The van der Waals surface area contributed by atoms with Gasteiger partial charge in [-0.3, -0.25) is 14.9 Å². The summed E-state index contributed by atoms with van der Waals surface area (Å²) in [5.41, 5.74) is 5.19. The molecule has 116 valence electrons. The van der Waals surface area contributed by atoms with Crippen molar-refractivity contribution in [3.05, 3.63) is 38.9 Å². The lowest BCUT2D eigenvalue weighted by atomic mass is 9.92. The molecule has 0 aliphatic carbocycles. The Morgan fingerprint density at radius 3 is 2.57 bits per heavy atom. The summed E-state index contributed by atoms with van der Waals surface area (Å²) in [6, 6.07) is 4.06. The third-order valence-corrected chi connectivity index (χ3v) is 3.46. The van der Waals surface area contributed by atoms with Crippen LogP contribution in [0.15, 0.2) is 18.2 Å². The molecular formula is C14H20ClN3O3. The number of amides is 1. The Bertz CT molecular complexity index is 546. The molecule has 0 unspecified atom stereocenters. The smallest absolute Gasteiger partial charge is 0.283 e. The highest BCUT2D eigenvalue weighted by Gasteiger charge is 2.28. The van der Waals surface area contributed by atoms with Crippen LogP contribution in [0.25, 0.3) is 0 Å². The molecule has 0 spiro atoms. The molecule has 1 aromatic carbocycles. The van der Waals surface area contributed by atoms with Gasteiger partial charge in [0.15, 0.2) is 0 Å². The summed E-state index contributed by atoms with van der Waals surface area (Å²) in [6.45, 7) is 7.00. The van der Waals surface area contributed by atoms with Gasteiger partial charge in [-0.15, -0.1) is 0 Å². The third-order valence-electron chi connectivity index (χ3n) is 3.23. The zero-order chi connectivity index (χ0) is 16.2. The first-order chi connectivity index (χ1) is 9.71. The van der Waals surface area contributed by atoms with Gasteiger partial charge in [0.25, 0.3) is 11.6 Å². The quantitative estimate of drug-likeness (QED) is 0.646. The topological polar surface area (TPSA) is 89.5 Å². The summed E-state index contributed by atoms with van der Waals surface area (Å²) in [6.07, 6.45) is 0. The van der Waals surface area contributed by atoms with Crippen LogP contribution in [-0.2, 0) is 0 Å². The van der Waals surface area contributed by atoms with Crippen LogP contribution in [-0.4, -0.2) is 35.4 Å². The fourth-order valence-corrected chi connectivity index (χ4v) is 2.08. The minimum atomic E-state index is -0.596. The molecule has 0 radical (unpaired) electrons. The highest BCUT2D eigenvalue weighted by molar-refractivity contribution is 6.31. The summed E-state index contributed by atoms with van der Waals surface area (Å²) in [5.74, 6) is -0.387. The van der Waals surface area contributed by atoms with Crippen molar-refractivity contribution in [1.82, 2.24) is 4.90 Å². The Morgan fingerprint density at radius 1 is 1.48 bits per heavy atom. The standard InChI is InChI=1S/C14H20ClN3O3/c1-4-17(9-14(2,3)8-16)13(19)11-6-5-10(15)7-12(11)18(20)21/h5-7H,4,8-9,16H2,1-3H3. The van der Waals surface area contributed by atoms with Gasteiger partial charge in [-0.2, -0.15) is 0 Å². The predicted octanol–water partition coefficient (Wildman–Crippen LogP) is 2.70. The first kappa shape index (κ1) is 17.4. The summed E-state index contributed by atoms with van der Waals surface area (Å²) in [7, 11) is 0. The number of halogens is 1. The van der Waals surface area contributed by atoms with Gasteiger partial charge in [0.1, 0.15) is 5.56 Å². The zero-order valence-corrected chi connectivity index (χ0v) is 13.2. The number of nitrogens with two attached hydrogens (primary N) is 1. The van der Waals surface area contributed by atoms with E-state index in [4.69, 9.17) is 17.3 Å². The van der Waals surface area contributed by atoms with Crippen molar-refractivity contribution in [3.63, 3.8) is 0 Å². The fraction of sp³-hybridized carbons (Fsp3) is 0.500. The van der Waals surface area contributed by atoms with Crippen LogP contribution in [0.3, 0.4) is 0 Å². The van der Waals surface area contributed by atoms with E-state index < -0.39 is 4.92 Å². The molecule has 0 saturated carbocycles. The van der Waals surface area contributed by atoms with Crippen LogP contribution in [0.4, 0.5) is 5.69 Å². The van der Waals surface area contributed by atoms with Gasteiger partial charge in [-0.05, 0) is 31.0 Å². The maximum atomic E-state index is 12.5. The Morgan fingerprint density at radius 2 is 2.10 bits per heavy atom. The van der Waals surface area contributed by atoms with Crippen LogP contribution >= 0.6 is 11.6 Å². The minimum absolute atomic E-state index is 0.0408. The number of nitro groups is 1. The van der Waals surface area contributed by atoms with E-state index in [1.165, 1.54) is 18.2 Å². The number of rotatable bonds is 6. The zero-order valence-electron chi connectivity index (χ0n) is 12.4. The second kappa shape index (κ2) is 6.87. The normalized spacial score (nSPS) is 11.3. The van der Waals surface area contributed by atoms with E-state index in [1.54, 1.807) is 4.90 Å². The molecule has 0 aliphatic rings. The largest absolute Gasteiger partial charge is 0.338 e. The van der Waals surface area contributed by atoms with Crippen LogP contribution in [0.5, 0.6) is 0 Å². The molecule has 1 rings (SSSR count). The Balaban J connectivity index is 3.14. The first-order valence-electron chi connectivity index (χ1n) is 6.65. The molecule has 0 heterocycles. The van der Waals surface area contributed by atoms with Gasteiger partial charge in [0, 0.05) is 24.2 Å². The van der Waals surface area contributed by atoms with E-state index in [1.807, 2.05) is 20.8 Å². The van der Waals surface area contributed by atoms with Gasteiger partial charge in [-0.25, -0.2) is 0 Å². The lowest BCUT2D eigenvalue weighted by Gasteiger charge is -2.31. The van der Waals surface area contributed by atoms with Gasteiger partial charge in [-0.1, -0.05) is 25.4 Å². The molecule has 6 nitrogen and oxygen atoms in total. The molecule has 0 bridgehead atoms. The van der Waals surface area contributed by atoms with E-state index in [0.29, 0.717) is 19.6 Å².